The van der Waals surface area contributed by atoms with Crippen LogP contribution in [0, 0.1) is 5.82 Å². The monoisotopic (exact) mass is 437 g/mol. The van der Waals surface area contributed by atoms with Gasteiger partial charge in [-0.1, -0.05) is 23.7 Å². The van der Waals surface area contributed by atoms with Gasteiger partial charge in [-0.3, -0.25) is 18.4 Å². The van der Waals surface area contributed by atoms with E-state index in [-0.39, 0.29) is 17.3 Å². The van der Waals surface area contributed by atoms with Crippen molar-refractivity contribution in [3.63, 3.8) is 0 Å². The quantitative estimate of drug-likeness (QED) is 0.507. The molecule has 0 saturated heterocycles. The number of fused-ring (bicyclic) bond motifs is 3. The summed E-state index contributed by atoms with van der Waals surface area (Å²) in [5.74, 6) is 0.000643. The Balaban J connectivity index is 1.74. The lowest BCUT2D eigenvalue weighted by molar-refractivity contribution is 0.415. The largest absolute Gasteiger partial charge is 0.494 e. The van der Waals surface area contributed by atoms with Gasteiger partial charge in [0.15, 0.2) is 11.6 Å². The first kappa shape index (κ1) is 18.8. The van der Waals surface area contributed by atoms with E-state index in [0.717, 1.165) is 30.5 Å². The summed E-state index contributed by atoms with van der Waals surface area (Å²) in [6, 6.07) is 6.18. The van der Waals surface area contributed by atoms with E-state index in [1.54, 1.807) is 0 Å². The second-order valence-electron chi connectivity index (χ2n) is 8.35. The normalized spacial score (nSPS) is 18.1. The third-order valence-electron chi connectivity index (χ3n) is 6.48. The molecule has 1 unspecified atom stereocenters. The van der Waals surface area contributed by atoms with Gasteiger partial charge in [0.25, 0.3) is 11.1 Å². The van der Waals surface area contributed by atoms with E-state index in [2.05, 4.69) is 16.6 Å². The van der Waals surface area contributed by atoms with Crippen molar-refractivity contribution in [2.75, 3.05) is 7.11 Å². The van der Waals surface area contributed by atoms with Crippen LogP contribution in [0.1, 0.15) is 48.4 Å². The Morgan fingerprint density at radius 1 is 1.26 bits per heavy atom. The molecular weight excluding hydrogens is 417 g/mol. The number of ether oxygens (including phenoxy) is 1. The van der Waals surface area contributed by atoms with E-state index in [9.17, 15) is 9.59 Å². The molecule has 31 heavy (non-hydrogen) atoms. The molecule has 4 heterocycles. The smallest absolute Gasteiger partial charge is 0.271 e. The van der Waals surface area contributed by atoms with Crippen LogP contribution in [0.5, 0.6) is 5.75 Å². The van der Waals surface area contributed by atoms with E-state index >= 15 is 4.39 Å². The van der Waals surface area contributed by atoms with Crippen LogP contribution < -0.4 is 21.2 Å². The van der Waals surface area contributed by atoms with Gasteiger partial charge in [-0.2, -0.15) is 0 Å². The predicted octanol–water partition coefficient (Wildman–Crippen LogP) is 4.06. The highest BCUT2D eigenvalue weighted by molar-refractivity contribution is 7.13. The van der Waals surface area contributed by atoms with Crippen LogP contribution in [0.25, 0.3) is 26.7 Å². The number of nitrogens with zero attached hydrogens (tertiary/aromatic N) is 1. The molecule has 0 radical (unpaired) electrons. The third kappa shape index (κ3) is 2.58. The minimum atomic E-state index is -0.557. The van der Waals surface area contributed by atoms with Gasteiger partial charge >= 0.3 is 0 Å². The molecule has 2 N–H and O–H groups in total. The molecule has 158 valence electrons. The molecule has 3 aromatic heterocycles. The molecule has 1 aromatic carbocycles. The fraction of sp³-hybridized carbons (Fsp3) is 0.304. The van der Waals surface area contributed by atoms with E-state index in [1.165, 1.54) is 34.8 Å². The lowest BCUT2D eigenvalue weighted by Crippen LogP contribution is -2.21. The average Bonchev–Trinajstić information content (AvgIpc) is 3.43. The van der Waals surface area contributed by atoms with Crippen molar-refractivity contribution >= 4 is 27.1 Å². The number of rotatable bonds is 3. The maximum atomic E-state index is 15.5. The van der Waals surface area contributed by atoms with Crippen LogP contribution in [0.3, 0.4) is 0 Å². The molecule has 0 bridgehead atoms. The van der Waals surface area contributed by atoms with Gasteiger partial charge < -0.3 is 10.1 Å². The molecule has 8 heteroatoms. The summed E-state index contributed by atoms with van der Waals surface area (Å²) in [7, 11) is 1.50. The molecule has 1 atom stereocenters. The molecule has 4 aromatic rings. The van der Waals surface area contributed by atoms with Crippen molar-refractivity contribution in [3.05, 3.63) is 67.6 Å². The number of aromatic nitrogens is 2. The van der Waals surface area contributed by atoms with Crippen LogP contribution >= 0.6 is 11.5 Å². The van der Waals surface area contributed by atoms with Crippen LogP contribution in [0.15, 0.2) is 34.0 Å². The highest BCUT2D eigenvalue weighted by Crippen LogP contribution is 2.49. The number of benzene rings is 1. The van der Waals surface area contributed by atoms with E-state index in [4.69, 9.17) is 4.74 Å². The zero-order valence-electron chi connectivity index (χ0n) is 17.0. The molecule has 1 saturated carbocycles. The Kier molecular flexibility index (Phi) is 3.94. The highest BCUT2D eigenvalue weighted by Gasteiger charge is 2.33. The summed E-state index contributed by atoms with van der Waals surface area (Å²) in [5, 5.41) is 3.49. The third-order valence-corrected chi connectivity index (χ3v) is 7.40. The standard InChI is InChI=1S/C23H20FN3O3S/c1-10-14-6-5-12(7-13(14)8-25-10)16-15(24)9-27-19(20(16)30-2)17(11-3-4-11)21-18(23(27)29)22(28)26-31-21/h5-7,9-11,25H,3-4,8H2,1-2H3,(H,26,28). The second kappa shape index (κ2) is 6.51. The van der Waals surface area contributed by atoms with Gasteiger partial charge in [-0.25, -0.2) is 4.39 Å². The number of pyridine rings is 2. The van der Waals surface area contributed by atoms with Crippen LogP contribution in [-0.4, -0.2) is 15.9 Å². The Hall–Kier alpha value is -2.97. The zero-order valence-corrected chi connectivity index (χ0v) is 17.9. The molecule has 1 aliphatic carbocycles. The number of H-pyrrole nitrogens is 1. The number of hydrogen-bond donors (Lipinski definition) is 2. The number of halogens is 1. The molecular formula is C23H20FN3O3S. The molecule has 0 spiro atoms. The minimum absolute atomic E-state index is 0.0937. The number of nitrogens with one attached hydrogen (secondary N) is 2. The molecule has 1 fully saturated rings. The van der Waals surface area contributed by atoms with Crippen molar-refractivity contribution in [2.24, 2.45) is 0 Å². The Labute approximate surface area is 180 Å². The number of hydrogen-bond acceptors (Lipinski definition) is 5. The minimum Gasteiger partial charge on any atom is -0.494 e. The fourth-order valence-corrected chi connectivity index (χ4v) is 5.79. The van der Waals surface area contributed by atoms with Gasteiger partial charge in [-0.15, -0.1) is 0 Å². The van der Waals surface area contributed by atoms with Gasteiger partial charge in [-0.05, 0) is 48.4 Å². The molecule has 0 amide bonds. The van der Waals surface area contributed by atoms with Gasteiger partial charge in [0.2, 0.25) is 0 Å². The molecule has 6 rings (SSSR count). The first-order chi connectivity index (χ1) is 15.0. The highest BCUT2D eigenvalue weighted by atomic mass is 32.1. The van der Waals surface area contributed by atoms with E-state index in [0.29, 0.717) is 27.1 Å². The van der Waals surface area contributed by atoms with E-state index < -0.39 is 16.9 Å². The fourth-order valence-electron chi connectivity index (χ4n) is 4.83. The van der Waals surface area contributed by atoms with Gasteiger partial charge in [0, 0.05) is 24.3 Å². The van der Waals surface area contributed by atoms with Crippen molar-refractivity contribution in [1.29, 1.82) is 0 Å². The predicted molar refractivity (Wildman–Crippen MR) is 119 cm³/mol. The van der Waals surface area contributed by atoms with Gasteiger partial charge in [0.05, 0.1) is 22.9 Å². The summed E-state index contributed by atoms with van der Waals surface area (Å²) in [6.45, 7) is 2.83. The number of aromatic amines is 1. The molecule has 1 aliphatic heterocycles. The van der Waals surface area contributed by atoms with Crippen molar-refractivity contribution in [1.82, 2.24) is 14.1 Å². The summed E-state index contributed by atoms with van der Waals surface area (Å²) >= 11 is 1.17. The van der Waals surface area contributed by atoms with Gasteiger partial charge in [0.1, 0.15) is 5.39 Å². The first-order valence-electron chi connectivity index (χ1n) is 10.3. The maximum absolute atomic E-state index is 15.5. The lowest BCUT2D eigenvalue weighted by Gasteiger charge is -2.18. The molecule has 2 aliphatic rings. The van der Waals surface area contributed by atoms with Crippen molar-refractivity contribution in [2.45, 2.75) is 38.3 Å². The zero-order chi connectivity index (χ0) is 21.4. The summed E-state index contributed by atoms with van der Waals surface area (Å²) < 4.78 is 25.8. The maximum Gasteiger partial charge on any atom is 0.271 e. The Morgan fingerprint density at radius 3 is 2.81 bits per heavy atom. The SMILES string of the molecule is COc1c(-c2ccc3c(c2)CNC3C)c(F)cn2c(=O)c3c(=O)[nH]sc3c(C3CC3)c12. The lowest BCUT2D eigenvalue weighted by atomic mass is 9.96. The summed E-state index contributed by atoms with van der Waals surface area (Å²) in [6.07, 6.45) is 3.13. The van der Waals surface area contributed by atoms with E-state index in [1.807, 2.05) is 18.2 Å². The summed E-state index contributed by atoms with van der Waals surface area (Å²) in [5.41, 5.74) is 3.89. The average molecular weight is 437 g/mol. The van der Waals surface area contributed by atoms with Crippen LogP contribution in [0.4, 0.5) is 4.39 Å². The van der Waals surface area contributed by atoms with Crippen LogP contribution in [-0.2, 0) is 6.54 Å². The topological polar surface area (TPSA) is 75.6 Å². The van der Waals surface area contributed by atoms with Crippen molar-refractivity contribution < 1.29 is 9.13 Å². The second-order valence-corrected chi connectivity index (χ2v) is 9.17. The van der Waals surface area contributed by atoms with Crippen LogP contribution in [0.2, 0.25) is 0 Å². The van der Waals surface area contributed by atoms with Crippen molar-refractivity contribution in [3.8, 4) is 16.9 Å². The first-order valence-corrected chi connectivity index (χ1v) is 11.1. The Bertz CT molecular complexity index is 1510. The Morgan fingerprint density at radius 2 is 2.06 bits per heavy atom. The number of methoxy groups -OCH3 is 1. The molecule has 6 nitrogen and oxygen atoms in total. The summed E-state index contributed by atoms with van der Waals surface area (Å²) in [4.78, 5) is 25.5.